The third-order valence-corrected chi connectivity index (χ3v) is 7.66. The van der Waals surface area contributed by atoms with Crippen molar-refractivity contribution in [3.63, 3.8) is 0 Å². The number of rotatable bonds is 24. The minimum atomic E-state index is -1.10. The molecule has 0 aliphatic carbocycles. The summed E-state index contributed by atoms with van der Waals surface area (Å²) in [5.41, 5.74) is 2.74. The number of hydrogen-bond acceptors (Lipinski definition) is 2. The first kappa shape index (κ1) is 36.6. The van der Waals surface area contributed by atoms with Gasteiger partial charge < -0.3 is 9.47 Å². The number of hydrogen-bond donors (Lipinski definition) is 0. The summed E-state index contributed by atoms with van der Waals surface area (Å²) in [5.74, 6) is 1.93. The van der Waals surface area contributed by atoms with Crippen LogP contribution in [0, 0.1) is 12.0 Å². The van der Waals surface area contributed by atoms with E-state index < -0.39 is 8.07 Å². The van der Waals surface area contributed by atoms with Gasteiger partial charge in [0, 0.05) is 0 Å². The Balaban J connectivity index is 0.00000203. The molecule has 0 heterocycles. The molecule has 0 atom stereocenters. The van der Waals surface area contributed by atoms with Gasteiger partial charge in [0.1, 0.15) is 19.6 Å². The molecule has 3 heteroatoms. The van der Waals surface area contributed by atoms with Crippen molar-refractivity contribution in [2.75, 3.05) is 13.2 Å². The molecule has 0 aliphatic rings. The normalized spacial score (nSPS) is 10.9. The van der Waals surface area contributed by atoms with E-state index in [-0.39, 0.29) is 0 Å². The van der Waals surface area contributed by atoms with E-state index in [2.05, 4.69) is 39.0 Å². The smallest absolute Gasteiger partial charge is 0.128 e. The van der Waals surface area contributed by atoms with E-state index in [0.29, 0.717) is 0 Å². The fourth-order valence-corrected chi connectivity index (χ4v) is 4.19. The monoisotopic (exact) mass is 544 g/mol. The zero-order chi connectivity index (χ0) is 28.2. The van der Waals surface area contributed by atoms with Gasteiger partial charge in [0.05, 0.1) is 13.2 Å². The highest BCUT2D eigenvalue weighted by Crippen LogP contribution is 2.19. The first-order chi connectivity index (χ1) is 18.4. The van der Waals surface area contributed by atoms with Gasteiger partial charge in [0.15, 0.2) is 0 Å². The van der Waals surface area contributed by atoms with Crippen LogP contribution in [0.3, 0.4) is 0 Å². The van der Waals surface area contributed by atoms with E-state index in [9.17, 15) is 0 Å². The number of benzene rings is 1. The Hall–Kier alpha value is -1.40. The molecule has 2 nitrogen and oxygen atoms in total. The van der Waals surface area contributed by atoms with Gasteiger partial charge in [0.25, 0.3) is 0 Å². The second-order valence-electron chi connectivity index (χ2n) is 11.9. The number of ether oxygens (including phenoxy) is 2. The van der Waals surface area contributed by atoms with Crippen LogP contribution in [0.2, 0.25) is 19.6 Å². The minimum Gasteiger partial charge on any atom is -0.494 e. The van der Waals surface area contributed by atoms with Crippen LogP contribution in [0.25, 0.3) is 0 Å². The van der Waals surface area contributed by atoms with E-state index in [1.165, 1.54) is 116 Å². The Bertz CT molecular complexity index is 596. The summed E-state index contributed by atoms with van der Waals surface area (Å²) in [6.45, 7) is 12.7. The van der Waals surface area contributed by atoms with Crippen molar-refractivity contribution in [1.82, 2.24) is 0 Å². The molecular weight excluding hydrogens is 480 g/mol. The lowest BCUT2D eigenvalue weighted by Gasteiger charge is -2.09. The van der Waals surface area contributed by atoms with Crippen molar-refractivity contribution >= 4 is 8.07 Å². The quantitative estimate of drug-likeness (QED) is 0.0731. The Morgan fingerprint density at radius 2 is 0.737 bits per heavy atom. The first-order valence-corrected chi connectivity index (χ1v) is 19.8. The Kier molecular flexibility index (Phi) is 26.2. The second kappa shape index (κ2) is 27.2. The lowest BCUT2D eigenvalue weighted by Crippen LogP contribution is -2.15. The molecule has 0 saturated heterocycles. The summed E-state index contributed by atoms with van der Waals surface area (Å²) >= 11 is 0. The summed E-state index contributed by atoms with van der Waals surface area (Å²) in [7, 11) is -1.10. The molecule has 0 fully saturated rings. The van der Waals surface area contributed by atoms with Crippen molar-refractivity contribution in [2.24, 2.45) is 0 Å². The predicted molar refractivity (Wildman–Crippen MR) is 173 cm³/mol. The van der Waals surface area contributed by atoms with Crippen molar-refractivity contribution in [1.29, 1.82) is 0 Å². The summed E-state index contributed by atoms with van der Waals surface area (Å²) in [5, 5.41) is 0. The topological polar surface area (TPSA) is 18.5 Å². The lowest BCUT2D eigenvalue weighted by molar-refractivity contribution is 0.296. The van der Waals surface area contributed by atoms with Gasteiger partial charge in [0.2, 0.25) is 0 Å². The van der Waals surface area contributed by atoms with Gasteiger partial charge in [-0.2, -0.15) is 0 Å². The molecule has 0 amide bonds. The summed E-state index contributed by atoms with van der Waals surface area (Å²) in [6, 6.07) is 8.18. The molecule has 0 radical (unpaired) electrons. The molecule has 0 unspecified atom stereocenters. The van der Waals surface area contributed by atoms with E-state index in [0.717, 1.165) is 37.6 Å². The van der Waals surface area contributed by atoms with Gasteiger partial charge in [-0.1, -0.05) is 149 Å². The molecule has 0 N–H and O–H groups in total. The predicted octanol–water partition coefficient (Wildman–Crippen LogP) is 11.8. The van der Waals surface area contributed by atoms with Gasteiger partial charge in [-0.3, -0.25) is 0 Å². The average molecular weight is 545 g/mol. The van der Waals surface area contributed by atoms with Crippen LogP contribution in [-0.2, 0) is 0 Å². The van der Waals surface area contributed by atoms with E-state index in [1.807, 2.05) is 24.3 Å². The molecule has 0 saturated carbocycles. The van der Waals surface area contributed by atoms with Crippen LogP contribution in [0.1, 0.15) is 142 Å². The van der Waals surface area contributed by atoms with Crippen LogP contribution in [0.4, 0.5) is 0 Å². The fraction of sp³-hybridized carbons (Fsp3) is 0.771. The molecule has 0 aliphatic heterocycles. The molecule has 1 rings (SSSR count). The maximum atomic E-state index is 5.89. The van der Waals surface area contributed by atoms with E-state index in [1.54, 1.807) is 0 Å². The van der Waals surface area contributed by atoms with E-state index >= 15 is 0 Å². The Labute approximate surface area is 240 Å². The van der Waals surface area contributed by atoms with Gasteiger partial charge >= 0.3 is 0 Å². The zero-order valence-electron chi connectivity index (χ0n) is 26.3. The Morgan fingerprint density at radius 3 is 0.974 bits per heavy atom. The standard InChI is InChI=1S/C30H54O2.C5H10Si/c1-3-5-7-9-11-13-15-17-19-21-27-31-29-23-25-30(26-24-29)32-28-22-20-18-16-14-12-10-8-6-4-2;1-5-6(2,3)4/h23-26H,3-22,27-28H2,1-2H3;1H,2-4H3. The molecular formula is C35H64O2Si. The second-order valence-corrected chi connectivity index (χ2v) is 16.7. The Morgan fingerprint density at radius 1 is 0.500 bits per heavy atom. The molecule has 220 valence electrons. The van der Waals surface area contributed by atoms with Gasteiger partial charge in [-0.25, -0.2) is 0 Å². The molecule has 0 aromatic heterocycles. The highest BCUT2D eigenvalue weighted by molar-refractivity contribution is 6.83. The SMILES string of the molecule is C#C[Si](C)(C)C.CCCCCCCCCCCCOc1ccc(OCCCCCCCCCCCC)cc1. The van der Waals surface area contributed by atoms with Crippen LogP contribution in [-0.4, -0.2) is 21.3 Å². The maximum Gasteiger partial charge on any atom is 0.128 e. The summed E-state index contributed by atoms with van der Waals surface area (Å²) < 4.78 is 11.8. The molecule has 38 heavy (non-hydrogen) atoms. The fourth-order valence-electron chi connectivity index (χ4n) is 4.19. The average Bonchev–Trinajstić information content (AvgIpc) is 2.91. The minimum absolute atomic E-state index is 0.829. The summed E-state index contributed by atoms with van der Waals surface area (Å²) in [6.07, 6.45) is 32.3. The van der Waals surface area contributed by atoms with E-state index in [4.69, 9.17) is 15.9 Å². The van der Waals surface area contributed by atoms with Crippen molar-refractivity contribution < 1.29 is 9.47 Å². The summed E-state index contributed by atoms with van der Waals surface area (Å²) in [4.78, 5) is 0. The molecule has 1 aromatic carbocycles. The van der Waals surface area contributed by atoms with Crippen molar-refractivity contribution in [2.45, 2.75) is 162 Å². The largest absolute Gasteiger partial charge is 0.494 e. The number of terminal acetylenes is 1. The molecule has 0 bridgehead atoms. The van der Waals surface area contributed by atoms with Crippen molar-refractivity contribution in [3.05, 3.63) is 24.3 Å². The van der Waals surface area contributed by atoms with Crippen LogP contribution < -0.4 is 9.47 Å². The zero-order valence-corrected chi connectivity index (χ0v) is 27.3. The number of unbranched alkanes of at least 4 members (excludes halogenated alkanes) is 18. The van der Waals surface area contributed by atoms with Crippen LogP contribution >= 0.6 is 0 Å². The van der Waals surface area contributed by atoms with Crippen molar-refractivity contribution in [3.8, 4) is 23.5 Å². The highest BCUT2D eigenvalue weighted by Gasteiger charge is 2.05. The first-order valence-electron chi connectivity index (χ1n) is 16.3. The van der Waals surface area contributed by atoms with Gasteiger partial charge in [-0.05, 0) is 37.1 Å². The molecule has 0 spiro atoms. The third-order valence-electron chi connectivity index (χ3n) is 6.79. The lowest BCUT2D eigenvalue weighted by atomic mass is 10.1. The van der Waals surface area contributed by atoms with Crippen LogP contribution in [0.15, 0.2) is 24.3 Å². The third kappa shape index (κ3) is 27.6. The van der Waals surface area contributed by atoms with Crippen LogP contribution in [0.5, 0.6) is 11.5 Å². The highest BCUT2D eigenvalue weighted by atomic mass is 28.3. The molecule has 1 aromatic rings. The van der Waals surface area contributed by atoms with Gasteiger partial charge in [-0.15, -0.1) is 12.0 Å². The maximum absolute atomic E-state index is 5.89.